The first-order valence-corrected chi connectivity index (χ1v) is 10.7. The molecule has 7 nitrogen and oxygen atoms in total. The van der Waals surface area contributed by atoms with Gasteiger partial charge in [-0.1, -0.05) is 48.5 Å². The van der Waals surface area contributed by atoms with Crippen molar-refractivity contribution in [2.45, 2.75) is 17.4 Å². The zero-order valence-electron chi connectivity index (χ0n) is 15.8. The molecule has 29 heavy (non-hydrogen) atoms. The number of halogens is 1. The summed E-state index contributed by atoms with van der Waals surface area (Å²) in [4.78, 5) is 4.25. The Kier molecular flexibility index (Phi) is 6.69. The summed E-state index contributed by atoms with van der Waals surface area (Å²) in [7, 11) is -3.64. The van der Waals surface area contributed by atoms with Gasteiger partial charge in [0.15, 0.2) is 0 Å². The van der Waals surface area contributed by atoms with E-state index >= 15 is 0 Å². The predicted molar refractivity (Wildman–Crippen MR) is 113 cm³/mol. The number of aromatic nitrogens is 3. The molecular formula is C20H24ClN5O2S. The lowest BCUT2D eigenvalue weighted by atomic mass is 9.89. The van der Waals surface area contributed by atoms with Crippen LogP contribution < -0.4 is 5.73 Å². The van der Waals surface area contributed by atoms with Gasteiger partial charge in [-0.05, 0) is 29.7 Å². The van der Waals surface area contributed by atoms with E-state index in [0.29, 0.717) is 36.6 Å². The molecule has 1 saturated heterocycles. The molecule has 4 rings (SSSR count). The Morgan fingerprint density at radius 1 is 1.03 bits per heavy atom. The molecule has 3 aromatic rings. The standard InChI is InChI=1S/C20H23N5O2S.ClH/c21-10-18-12-25(13-19(18)16-6-2-1-3-7-16)28(26,27)20-9-5-4-8-17(20)11-24-15-22-14-23-24;/h1-9,14-15,18-19H,10-13,21H2;1H/t18-,19+;/m1./s1. The van der Waals surface area contributed by atoms with Gasteiger partial charge in [0.05, 0.1) is 11.4 Å². The number of nitrogens with two attached hydrogens (primary N) is 1. The fourth-order valence-electron chi connectivity index (χ4n) is 3.86. The summed E-state index contributed by atoms with van der Waals surface area (Å²) >= 11 is 0. The number of nitrogens with zero attached hydrogens (tertiary/aromatic N) is 4. The van der Waals surface area contributed by atoms with Crippen LogP contribution in [0.15, 0.2) is 72.1 Å². The van der Waals surface area contributed by atoms with Crippen molar-refractivity contribution in [3.8, 4) is 0 Å². The van der Waals surface area contributed by atoms with Gasteiger partial charge in [-0.25, -0.2) is 18.1 Å². The Hall–Kier alpha value is -2.26. The van der Waals surface area contributed by atoms with Crippen molar-refractivity contribution in [1.29, 1.82) is 0 Å². The average Bonchev–Trinajstić information content (AvgIpc) is 3.39. The SMILES string of the molecule is Cl.NC[C@@H]1CN(S(=O)(=O)c2ccccc2Cn2cncn2)C[C@H]1c1ccccc1. The zero-order chi connectivity index (χ0) is 19.6. The third-order valence-electron chi connectivity index (χ3n) is 5.33. The second kappa shape index (κ2) is 9.04. The van der Waals surface area contributed by atoms with Crippen LogP contribution in [0.1, 0.15) is 17.0 Å². The number of hydrogen-bond donors (Lipinski definition) is 1. The first-order chi connectivity index (χ1) is 13.6. The van der Waals surface area contributed by atoms with E-state index in [0.717, 1.165) is 5.56 Å². The quantitative estimate of drug-likeness (QED) is 0.642. The van der Waals surface area contributed by atoms with E-state index in [9.17, 15) is 8.42 Å². The van der Waals surface area contributed by atoms with Gasteiger partial charge in [-0.2, -0.15) is 9.40 Å². The van der Waals surface area contributed by atoms with Gasteiger partial charge in [0.25, 0.3) is 0 Å². The van der Waals surface area contributed by atoms with Crippen molar-refractivity contribution in [3.63, 3.8) is 0 Å². The lowest BCUT2D eigenvalue weighted by Crippen LogP contribution is -2.31. The molecule has 2 atom stereocenters. The van der Waals surface area contributed by atoms with Crippen molar-refractivity contribution in [2.75, 3.05) is 19.6 Å². The lowest BCUT2D eigenvalue weighted by molar-refractivity contribution is 0.458. The van der Waals surface area contributed by atoms with E-state index in [2.05, 4.69) is 10.1 Å². The summed E-state index contributed by atoms with van der Waals surface area (Å²) < 4.78 is 30.1. The number of benzene rings is 2. The van der Waals surface area contributed by atoms with Crippen molar-refractivity contribution in [1.82, 2.24) is 19.1 Å². The predicted octanol–water partition coefficient (Wildman–Crippen LogP) is 2.11. The third kappa shape index (κ3) is 4.35. The molecule has 2 heterocycles. The van der Waals surface area contributed by atoms with Gasteiger partial charge in [0.2, 0.25) is 10.0 Å². The maximum absolute atomic E-state index is 13.5. The van der Waals surface area contributed by atoms with Crippen LogP contribution in [0.3, 0.4) is 0 Å². The lowest BCUT2D eigenvalue weighted by Gasteiger charge is -2.19. The van der Waals surface area contributed by atoms with E-state index in [1.54, 1.807) is 27.4 Å². The van der Waals surface area contributed by atoms with Gasteiger partial charge in [-0.3, -0.25) is 0 Å². The van der Waals surface area contributed by atoms with E-state index in [-0.39, 0.29) is 24.2 Å². The molecule has 2 aromatic carbocycles. The summed E-state index contributed by atoms with van der Waals surface area (Å²) in [5.41, 5.74) is 7.81. The Bertz CT molecular complexity index is 1030. The van der Waals surface area contributed by atoms with Crippen LogP contribution in [0.5, 0.6) is 0 Å². The fraction of sp³-hybridized carbons (Fsp3) is 0.300. The molecule has 154 valence electrons. The summed E-state index contributed by atoms with van der Waals surface area (Å²) in [5, 5.41) is 4.09. The summed E-state index contributed by atoms with van der Waals surface area (Å²) in [6, 6.07) is 17.1. The minimum Gasteiger partial charge on any atom is -0.330 e. The zero-order valence-corrected chi connectivity index (χ0v) is 17.5. The van der Waals surface area contributed by atoms with Crippen LogP contribution in [-0.2, 0) is 16.6 Å². The van der Waals surface area contributed by atoms with Crippen molar-refractivity contribution in [2.24, 2.45) is 11.7 Å². The molecule has 0 saturated carbocycles. The molecular weight excluding hydrogens is 410 g/mol. The van der Waals surface area contributed by atoms with E-state index in [1.165, 1.54) is 6.33 Å². The number of hydrogen-bond acceptors (Lipinski definition) is 5. The molecule has 1 aliphatic rings. The first kappa shape index (κ1) is 21.4. The molecule has 2 N–H and O–H groups in total. The minimum absolute atomic E-state index is 0. The normalized spacial score (nSPS) is 19.8. The molecule has 0 unspecified atom stereocenters. The molecule has 0 bridgehead atoms. The van der Waals surface area contributed by atoms with E-state index in [4.69, 9.17) is 5.73 Å². The topological polar surface area (TPSA) is 94.1 Å². The maximum atomic E-state index is 13.5. The van der Waals surface area contributed by atoms with Crippen molar-refractivity contribution < 1.29 is 8.42 Å². The largest absolute Gasteiger partial charge is 0.330 e. The maximum Gasteiger partial charge on any atom is 0.243 e. The molecule has 0 radical (unpaired) electrons. The molecule has 0 spiro atoms. The van der Waals surface area contributed by atoms with Gasteiger partial charge >= 0.3 is 0 Å². The second-order valence-electron chi connectivity index (χ2n) is 7.04. The first-order valence-electron chi connectivity index (χ1n) is 9.25. The highest BCUT2D eigenvalue weighted by molar-refractivity contribution is 7.89. The minimum atomic E-state index is -3.64. The molecule has 1 aliphatic heterocycles. The molecule has 1 aromatic heterocycles. The number of sulfonamides is 1. The van der Waals surface area contributed by atoms with Crippen molar-refractivity contribution >= 4 is 22.4 Å². The Morgan fingerprint density at radius 2 is 1.76 bits per heavy atom. The van der Waals surface area contributed by atoms with Crippen LogP contribution in [0.4, 0.5) is 0 Å². The van der Waals surface area contributed by atoms with Gasteiger partial charge in [0, 0.05) is 19.0 Å². The van der Waals surface area contributed by atoms with Crippen LogP contribution in [0.25, 0.3) is 0 Å². The van der Waals surface area contributed by atoms with Crippen molar-refractivity contribution in [3.05, 3.63) is 78.4 Å². The Balaban J connectivity index is 0.00000240. The highest BCUT2D eigenvalue weighted by atomic mass is 35.5. The van der Waals surface area contributed by atoms with E-state index < -0.39 is 10.0 Å². The average molecular weight is 434 g/mol. The molecule has 9 heteroatoms. The van der Waals surface area contributed by atoms with Crippen LogP contribution >= 0.6 is 12.4 Å². The highest BCUT2D eigenvalue weighted by Crippen LogP contribution is 2.35. The fourth-order valence-corrected chi connectivity index (χ4v) is 5.60. The van der Waals surface area contributed by atoms with Gasteiger partial charge in [-0.15, -0.1) is 12.4 Å². The summed E-state index contributed by atoms with van der Waals surface area (Å²) in [5.74, 6) is 0.197. The smallest absolute Gasteiger partial charge is 0.243 e. The monoisotopic (exact) mass is 433 g/mol. The second-order valence-corrected chi connectivity index (χ2v) is 8.94. The van der Waals surface area contributed by atoms with Crippen LogP contribution in [0, 0.1) is 5.92 Å². The van der Waals surface area contributed by atoms with Crippen LogP contribution in [0.2, 0.25) is 0 Å². The molecule has 0 amide bonds. The molecule has 1 fully saturated rings. The van der Waals surface area contributed by atoms with Gasteiger partial charge < -0.3 is 5.73 Å². The van der Waals surface area contributed by atoms with Gasteiger partial charge in [0.1, 0.15) is 12.7 Å². The summed E-state index contributed by atoms with van der Waals surface area (Å²) in [6.45, 7) is 1.67. The Morgan fingerprint density at radius 3 is 2.45 bits per heavy atom. The third-order valence-corrected chi connectivity index (χ3v) is 7.26. The summed E-state index contributed by atoms with van der Waals surface area (Å²) in [6.07, 6.45) is 3.02. The Labute approximate surface area is 177 Å². The van der Waals surface area contributed by atoms with Crippen LogP contribution in [-0.4, -0.2) is 47.1 Å². The van der Waals surface area contributed by atoms with E-state index in [1.807, 2.05) is 42.5 Å². The highest BCUT2D eigenvalue weighted by Gasteiger charge is 2.39. The molecule has 0 aliphatic carbocycles. The number of rotatable bonds is 6.